The lowest BCUT2D eigenvalue weighted by molar-refractivity contribution is 0.288. The van der Waals surface area contributed by atoms with Gasteiger partial charge in [0.15, 0.2) is 11.5 Å². The van der Waals surface area contributed by atoms with Crippen LogP contribution in [0.1, 0.15) is 31.2 Å². The van der Waals surface area contributed by atoms with E-state index in [0.29, 0.717) is 23.0 Å². The van der Waals surface area contributed by atoms with E-state index in [4.69, 9.17) is 21.7 Å². The van der Waals surface area contributed by atoms with Crippen LogP contribution >= 0.6 is 12.2 Å². The molecule has 7 heteroatoms. The molecule has 0 atom stereocenters. The van der Waals surface area contributed by atoms with Gasteiger partial charge in [0, 0.05) is 0 Å². The van der Waals surface area contributed by atoms with E-state index < -0.39 is 0 Å². The molecule has 0 saturated heterocycles. The first kappa shape index (κ1) is 16.2. The van der Waals surface area contributed by atoms with Crippen LogP contribution in [-0.4, -0.2) is 34.8 Å². The zero-order chi connectivity index (χ0) is 15.9. The number of hydrogen-bond donors (Lipinski definition) is 1. The monoisotopic (exact) mass is 320 g/mol. The van der Waals surface area contributed by atoms with Gasteiger partial charge in [-0.25, -0.2) is 0 Å². The Morgan fingerprint density at radius 1 is 1.41 bits per heavy atom. The number of hydrogen-bond acceptors (Lipinski definition) is 5. The molecule has 1 N–H and O–H groups in total. The molecular formula is C15H20N4O2S. The number of methoxy groups -OCH3 is 1. The highest BCUT2D eigenvalue weighted by Crippen LogP contribution is 2.27. The molecule has 0 spiro atoms. The van der Waals surface area contributed by atoms with E-state index in [9.17, 15) is 0 Å². The van der Waals surface area contributed by atoms with Gasteiger partial charge in [-0.15, -0.1) is 0 Å². The molecule has 0 aliphatic rings. The third-order valence-electron chi connectivity index (χ3n) is 3.08. The molecule has 0 saturated carbocycles. The summed E-state index contributed by atoms with van der Waals surface area (Å²) < 4.78 is 13.1. The number of aromatic amines is 1. The Hall–Kier alpha value is -2.15. The van der Waals surface area contributed by atoms with Crippen LogP contribution in [-0.2, 0) is 0 Å². The number of ether oxygens (including phenoxy) is 2. The lowest BCUT2D eigenvalue weighted by Crippen LogP contribution is -2.00. The summed E-state index contributed by atoms with van der Waals surface area (Å²) in [4.78, 5) is 0. The van der Waals surface area contributed by atoms with Gasteiger partial charge >= 0.3 is 0 Å². The second-order valence-electron chi connectivity index (χ2n) is 4.74. The zero-order valence-corrected chi connectivity index (χ0v) is 13.8. The van der Waals surface area contributed by atoms with Gasteiger partial charge in [-0.2, -0.15) is 14.9 Å². The smallest absolute Gasteiger partial charge is 0.216 e. The van der Waals surface area contributed by atoms with Crippen molar-refractivity contribution in [1.82, 2.24) is 14.9 Å². The fourth-order valence-electron chi connectivity index (χ4n) is 1.84. The van der Waals surface area contributed by atoms with Crippen molar-refractivity contribution < 1.29 is 9.47 Å². The number of rotatable bonds is 7. The Morgan fingerprint density at radius 3 is 2.86 bits per heavy atom. The minimum Gasteiger partial charge on any atom is -0.493 e. The number of nitrogens with zero attached hydrogens (tertiary/aromatic N) is 3. The molecule has 1 heterocycles. The van der Waals surface area contributed by atoms with Crippen molar-refractivity contribution in [2.45, 2.75) is 26.7 Å². The van der Waals surface area contributed by atoms with E-state index in [2.05, 4.69) is 22.2 Å². The van der Waals surface area contributed by atoms with Gasteiger partial charge in [-0.3, -0.25) is 5.10 Å². The van der Waals surface area contributed by atoms with Crippen molar-refractivity contribution in [2.24, 2.45) is 5.10 Å². The lowest BCUT2D eigenvalue weighted by atomic mass is 10.2. The Balaban J connectivity index is 2.17. The summed E-state index contributed by atoms with van der Waals surface area (Å²) in [5.41, 5.74) is 0.891. The Bertz CT molecular complexity index is 706. The van der Waals surface area contributed by atoms with Crippen molar-refractivity contribution in [3.05, 3.63) is 34.4 Å². The Labute approximate surface area is 134 Å². The quantitative estimate of drug-likeness (QED) is 0.483. The minimum atomic E-state index is 0.459. The number of unbranched alkanes of at least 4 members (excludes halogenated alkanes) is 1. The predicted octanol–water partition coefficient (Wildman–Crippen LogP) is 3.32. The van der Waals surface area contributed by atoms with Gasteiger partial charge in [0.25, 0.3) is 0 Å². The van der Waals surface area contributed by atoms with Crippen molar-refractivity contribution in [3.8, 4) is 11.5 Å². The maximum Gasteiger partial charge on any atom is 0.216 e. The number of nitrogens with one attached hydrogen (secondary N) is 1. The second kappa shape index (κ2) is 7.74. The number of benzene rings is 1. The fraction of sp³-hybridized carbons (Fsp3) is 0.400. The van der Waals surface area contributed by atoms with Crippen LogP contribution in [0.5, 0.6) is 11.5 Å². The maximum atomic E-state index is 5.71. The third kappa shape index (κ3) is 3.94. The van der Waals surface area contributed by atoms with E-state index in [1.807, 2.05) is 25.1 Å². The topological polar surface area (TPSA) is 64.4 Å². The highest BCUT2D eigenvalue weighted by atomic mass is 32.1. The largest absolute Gasteiger partial charge is 0.493 e. The molecule has 0 amide bonds. The fourth-order valence-corrected chi connectivity index (χ4v) is 2.07. The molecule has 1 aromatic heterocycles. The highest BCUT2D eigenvalue weighted by molar-refractivity contribution is 7.71. The van der Waals surface area contributed by atoms with Crippen LogP contribution in [0.4, 0.5) is 0 Å². The zero-order valence-electron chi connectivity index (χ0n) is 13.0. The van der Waals surface area contributed by atoms with Gasteiger partial charge in [0.05, 0.1) is 19.9 Å². The molecule has 2 aromatic rings. The molecule has 118 valence electrons. The summed E-state index contributed by atoms with van der Waals surface area (Å²) in [7, 11) is 1.62. The van der Waals surface area contributed by atoms with Crippen LogP contribution in [0, 0.1) is 11.7 Å². The Kier molecular flexibility index (Phi) is 5.71. The van der Waals surface area contributed by atoms with Gasteiger partial charge in [-0.05, 0) is 49.3 Å². The van der Waals surface area contributed by atoms with Crippen LogP contribution in [0.15, 0.2) is 23.3 Å². The van der Waals surface area contributed by atoms with Crippen LogP contribution < -0.4 is 9.47 Å². The molecule has 6 nitrogen and oxygen atoms in total. The number of H-pyrrole nitrogens is 1. The molecule has 0 aliphatic carbocycles. The van der Waals surface area contributed by atoms with E-state index >= 15 is 0 Å². The summed E-state index contributed by atoms with van der Waals surface area (Å²) in [6.07, 6.45) is 3.82. The molecule has 2 rings (SSSR count). The molecule has 0 fully saturated rings. The van der Waals surface area contributed by atoms with Gasteiger partial charge in [0.2, 0.25) is 4.77 Å². The van der Waals surface area contributed by atoms with Crippen molar-refractivity contribution >= 4 is 18.4 Å². The molecule has 1 aromatic carbocycles. The van der Waals surface area contributed by atoms with Crippen LogP contribution in [0.25, 0.3) is 0 Å². The normalized spacial score (nSPS) is 11.0. The van der Waals surface area contributed by atoms with Crippen LogP contribution in [0.3, 0.4) is 0 Å². The molecular weight excluding hydrogens is 300 g/mol. The van der Waals surface area contributed by atoms with Crippen molar-refractivity contribution in [1.29, 1.82) is 0 Å². The first-order valence-electron chi connectivity index (χ1n) is 7.15. The van der Waals surface area contributed by atoms with Crippen LogP contribution in [0.2, 0.25) is 0 Å². The number of aromatic nitrogens is 3. The maximum absolute atomic E-state index is 5.71. The van der Waals surface area contributed by atoms with Crippen molar-refractivity contribution in [3.63, 3.8) is 0 Å². The number of aryl methyl sites for hydroxylation is 1. The summed E-state index contributed by atoms with van der Waals surface area (Å²) in [5, 5.41) is 11.0. The first-order valence-corrected chi connectivity index (χ1v) is 7.55. The highest BCUT2D eigenvalue weighted by Gasteiger charge is 2.05. The molecule has 0 radical (unpaired) electrons. The second-order valence-corrected chi connectivity index (χ2v) is 5.13. The Morgan fingerprint density at radius 2 is 2.23 bits per heavy atom. The van der Waals surface area contributed by atoms with E-state index in [1.165, 1.54) is 0 Å². The predicted molar refractivity (Wildman–Crippen MR) is 88.5 cm³/mol. The summed E-state index contributed by atoms with van der Waals surface area (Å²) in [6, 6.07) is 5.69. The van der Waals surface area contributed by atoms with E-state index in [0.717, 1.165) is 24.2 Å². The molecule has 0 aliphatic heterocycles. The lowest BCUT2D eigenvalue weighted by Gasteiger charge is -2.10. The SMILES string of the molecule is CCCCOc1ccc(/C=N/n2c(C)n[nH]c2=S)cc1OC. The first-order chi connectivity index (χ1) is 10.7. The summed E-state index contributed by atoms with van der Waals surface area (Å²) >= 11 is 5.10. The molecule has 22 heavy (non-hydrogen) atoms. The van der Waals surface area contributed by atoms with Crippen molar-refractivity contribution in [2.75, 3.05) is 13.7 Å². The summed E-state index contributed by atoms with van der Waals surface area (Å²) in [5.74, 6) is 2.13. The van der Waals surface area contributed by atoms with Gasteiger partial charge < -0.3 is 9.47 Å². The average Bonchev–Trinajstić information content (AvgIpc) is 2.85. The third-order valence-corrected chi connectivity index (χ3v) is 3.34. The van der Waals surface area contributed by atoms with E-state index in [-0.39, 0.29) is 0 Å². The average molecular weight is 320 g/mol. The van der Waals surface area contributed by atoms with E-state index in [1.54, 1.807) is 18.0 Å². The summed E-state index contributed by atoms with van der Waals surface area (Å²) in [6.45, 7) is 4.64. The molecule has 0 bridgehead atoms. The standard InChI is InChI=1S/C15H20N4O2S/c1-4-5-8-21-13-7-6-12(9-14(13)20-3)10-16-19-11(2)17-18-15(19)22/h6-7,9-10H,4-5,8H2,1-3H3,(H,18,22)/b16-10+. The minimum absolute atomic E-state index is 0.459. The van der Waals surface area contributed by atoms with Gasteiger partial charge in [-0.1, -0.05) is 13.3 Å². The van der Waals surface area contributed by atoms with Gasteiger partial charge in [0.1, 0.15) is 5.82 Å². The molecule has 0 unspecified atom stereocenters.